The van der Waals surface area contributed by atoms with Crippen LogP contribution in [0.25, 0.3) is 11.3 Å². The van der Waals surface area contributed by atoms with Crippen LogP contribution in [0.5, 0.6) is 0 Å². The van der Waals surface area contributed by atoms with Gasteiger partial charge in [0.1, 0.15) is 0 Å². The first-order valence-corrected chi connectivity index (χ1v) is 8.18. The lowest BCUT2D eigenvalue weighted by Crippen LogP contribution is -2.19. The summed E-state index contributed by atoms with van der Waals surface area (Å²) in [5, 5.41) is 0.898. The Bertz CT molecular complexity index is 540. The molecule has 0 unspecified atom stereocenters. The Morgan fingerprint density at radius 3 is 2.74 bits per heavy atom. The lowest BCUT2D eigenvalue weighted by Gasteiger charge is -2.14. The van der Waals surface area contributed by atoms with E-state index in [0.717, 1.165) is 35.0 Å². The second-order valence-electron chi connectivity index (χ2n) is 4.11. The monoisotopic (exact) mass is 292 g/mol. The Balaban J connectivity index is 2.30. The summed E-state index contributed by atoms with van der Waals surface area (Å²) in [5.74, 6) is 1.05. The predicted molar refractivity (Wildman–Crippen MR) is 84.6 cm³/mol. The molecule has 0 bridgehead atoms. The van der Waals surface area contributed by atoms with Crippen molar-refractivity contribution in [3.8, 4) is 11.3 Å². The highest BCUT2D eigenvalue weighted by atomic mass is 32.2. The lowest BCUT2D eigenvalue weighted by molar-refractivity contribution is 0.112. The molecule has 19 heavy (non-hydrogen) atoms. The highest BCUT2D eigenvalue weighted by Gasteiger charge is 2.14. The zero-order valence-electron chi connectivity index (χ0n) is 11.0. The number of anilines is 1. The molecule has 2 aromatic rings. The number of thioether (sulfide) groups is 1. The average Bonchev–Trinajstić information content (AvgIpc) is 2.90. The maximum Gasteiger partial charge on any atom is 0.186 e. The van der Waals surface area contributed by atoms with E-state index in [1.54, 1.807) is 11.8 Å². The van der Waals surface area contributed by atoms with E-state index in [4.69, 9.17) is 0 Å². The van der Waals surface area contributed by atoms with Gasteiger partial charge < -0.3 is 4.90 Å². The SMILES string of the molecule is CSCCN(C)c1nc(-c2ccccc2)c(C=O)s1. The van der Waals surface area contributed by atoms with Gasteiger partial charge >= 0.3 is 0 Å². The molecular weight excluding hydrogens is 276 g/mol. The third-order valence-electron chi connectivity index (χ3n) is 2.75. The van der Waals surface area contributed by atoms with Crippen molar-refractivity contribution in [3.05, 3.63) is 35.2 Å². The molecule has 2 rings (SSSR count). The molecule has 0 fully saturated rings. The Labute approximate surface area is 121 Å². The van der Waals surface area contributed by atoms with Crippen LogP contribution in [0.15, 0.2) is 30.3 Å². The van der Waals surface area contributed by atoms with Gasteiger partial charge in [0.05, 0.1) is 10.6 Å². The van der Waals surface area contributed by atoms with Crippen molar-refractivity contribution in [2.75, 3.05) is 30.5 Å². The van der Waals surface area contributed by atoms with Gasteiger partial charge in [-0.05, 0) is 6.26 Å². The minimum Gasteiger partial charge on any atom is -0.350 e. The van der Waals surface area contributed by atoms with E-state index < -0.39 is 0 Å². The van der Waals surface area contributed by atoms with Gasteiger partial charge in [0, 0.05) is 24.9 Å². The lowest BCUT2D eigenvalue weighted by atomic mass is 10.1. The average molecular weight is 292 g/mol. The Morgan fingerprint density at radius 2 is 2.11 bits per heavy atom. The van der Waals surface area contributed by atoms with E-state index in [2.05, 4.69) is 16.1 Å². The zero-order chi connectivity index (χ0) is 13.7. The number of carbonyl (C=O) groups excluding carboxylic acids is 1. The Hall–Kier alpha value is -1.33. The quantitative estimate of drug-likeness (QED) is 0.764. The molecule has 0 atom stereocenters. The van der Waals surface area contributed by atoms with Crippen molar-refractivity contribution in [2.24, 2.45) is 0 Å². The fourth-order valence-electron chi connectivity index (χ4n) is 1.69. The van der Waals surface area contributed by atoms with Crippen molar-refractivity contribution in [2.45, 2.75) is 0 Å². The molecule has 1 aromatic carbocycles. The maximum absolute atomic E-state index is 11.2. The van der Waals surface area contributed by atoms with Crippen LogP contribution in [0.3, 0.4) is 0 Å². The molecule has 0 aliphatic rings. The molecule has 3 nitrogen and oxygen atoms in total. The molecule has 0 saturated carbocycles. The molecule has 0 saturated heterocycles. The highest BCUT2D eigenvalue weighted by Crippen LogP contribution is 2.31. The topological polar surface area (TPSA) is 33.2 Å². The van der Waals surface area contributed by atoms with Gasteiger partial charge in [-0.25, -0.2) is 4.98 Å². The summed E-state index contributed by atoms with van der Waals surface area (Å²) in [6.07, 6.45) is 2.98. The minimum absolute atomic E-state index is 0.692. The summed E-state index contributed by atoms with van der Waals surface area (Å²) >= 11 is 3.25. The second kappa shape index (κ2) is 6.73. The number of hydrogen-bond donors (Lipinski definition) is 0. The number of benzene rings is 1. The molecule has 0 N–H and O–H groups in total. The third kappa shape index (κ3) is 3.36. The molecule has 0 spiro atoms. The van der Waals surface area contributed by atoms with Gasteiger partial charge in [-0.15, -0.1) is 0 Å². The van der Waals surface area contributed by atoms with Gasteiger partial charge in [0.25, 0.3) is 0 Å². The molecular formula is C14H16N2OS2. The molecule has 0 aliphatic carbocycles. The summed E-state index contributed by atoms with van der Waals surface area (Å²) in [4.78, 5) is 18.6. The number of carbonyl (C=O) groups is 1. The van der Waals surface area contributed by atoms with Crippen molar-refractivity contribution in [3.63, 3.8) is 0 Å². The zero-order valence-corrected chi connectivity index (χ0v) is 12.6. The van der Waals surface area contributed by atoms with E-state index in [-0.39, 0.29) is 0 Å². The van der Waals surface area contributed by atoms with Gasteiger partial charge in [-0.1, -0.05) is 41.7 Å². The number of rotatable bonds is 6. The van der Waals surface area contributed by atoms with Gasteiger partial charge in [0.15, 0.2) is 11.4 Å². The van der Waals surface area contributed by atoms with Crippen molar-refractivity contribution in [1.82, 2.24) is 4.98 Å². The van der Waals surface area contributed by atoms with Gasteiger partial charge in [0.2, 0.25) is 0 Å². The first-order valence-electron chi connectivity index (χ1n) is 5.97. The van der Waals surface area contributed by atoms with Crippen LogP contribution >= 0.6 is 23.1 Å². The number of aldehydes is 1. The highest BCUT2D eigenvalue weighted by molar-refractivity contribution is 7.98. The largest absolute Gasteiger partial charge is 0.350 e. The Kier molecular flexibility index (Phi) is 4.99. The molecule has 100 valence electrons. The number of hydrogen-bond acceptors (Lipinski definition) is 5. The molecule has 1 aromatic heterocycles. The fraction of sp³-hybridized carbons (Fsp3) is 0.286. The summed E-state index contributed by atoms with van der Waals surface area (Å²) < 4.78 is 0. The first kappa shape index (κ1) is 14.1. The molecule has 0 aliphatic heterocycles. The van der Waals surface area contributed by atoms with Crippen molar-refractivity contribution in [1.29, 1.82) is 0 Å². The second-order valence-corrected chi connectivity index (χ2v) is 6.10. The third-order valence-corrected chi connectivity index (χ3v) is 4.44. The number of nitrogens with zero attached hydrogens (tertiary/aromatic N) is 2. The van der Waals surface area contributed by atoms with Crippen LogP contribution in [0, 0.1) is 0 Å². The summed E-state index contributed by atoms with van der Waals surface area (Å²) in [6.45, 7) is 0.932. The predicted octanol–water partition coefficient (Wildman–Crippen LogP) is 3.42. The van der Waals surface area contributed by atoms with Gasteiger partial charge in [-0.2, -0.15) is 11.8 Å². The molecule has 1 heterocycles. The van der Waals surface area contributed by atoms with Crippen LogP contribution in [-0.2, 0) is 0 Å². The summed E-state index contributed by atoms with van der Waals surface area (Å²) in [6, 6.07) is 9.84. The molecule has 0 radical (unpaired) electrons. The molecule has 5 heteroatoms. The smallest absolute Gasteiger partial charge is 0.186 e. The van der Waals surface area contributed by atoms with E-state index >= 15 is 0 Å². The van der Waals surface area contributed by atoms with E-state index in [9.17, 15) is 4.79 Å². The van der Waals surface area contributed by atoms with Crippen LogP contribution in [0.1, 0.15) is 9.67 Å². The van der Waals surface area contributed by atoms with Crippen LogP contribution in [-0.4, -0.2) is 36.9 Å². The first-order chi connectivity index (χ1) is 9.26. The van der Waals surface area contributed by atoms with E-state index in [0.29, 0.717) is 4.88 Å². The summed E-state index contributed by atoms with van der Waals surface area (Å²) in [5.41, 5.74) is 1.77. The van der Waals surface area contributed by atoms with Crippen molar-refractivity contribution < 1.29 is 4.79 Å². The normalized spacial score (nSPS) is 10.4. The number of thiazole rings is 1. The maximum atomic E-state index is 11.2. The van der Waals surface area contributed by atoms with E-state index in [1.807, 2.05) is 37.4 Å². The summed E-state index contributed by atoms with van der Waals surface area (Å²) in [7, 11) is 2.01. The van der Waals surface area contributed by atoms with Crippen LogP contribution < -0.4 is 4.90 Å². The van der Waals surface area contributed by atoms with E-state index in [1.165, 1.54) is 11.3 Å². The molecule has 0 amide bonds. The minimum atomic E-state index is 0.692. The van der Waals surface area contributed by atoms with Crippen LogP contribution in [0.2, 0.25) is 0 Å². The van der Waals surface area contributed by atoms with Crippen LogP contribution in [0.4, 0.5) is 5.13 Å². The standard InChI is InChI=1S/C14H16N2OS2/c1-16(8-9-18-2)14-15-13(12(10-17)19-14)11-6-4-3-5-7-11/h3-7,10H,8-9H2,1-2H3. The number of aromatic nitrogens is 1. The van der Waals surface area contributed by atoms with Gasteiger partial charge in [-0.3, -0.25) is 4.79 Å². The van der Waals surface area contributed by atoms with Crippen molar-refractivity contribution >= 4 is 34.5 Å². The fourth-order valence-corrected chi connectivity index (χ4v) is 3.04. The Morgan fingerprint density at radius 1 is 1.37 bits per heavy atom.